The van der Waals surface area contributed by atoms with E-state index < -0.39 is 0 Å². The smallest absolute Gasteiger partial charge is 0.255 e. The minimum Gasteiger partial charge on any atom is -0.321 e. The first-order valence-corrected chi connectivity index (χ1v) is 5.66. The van der Waals surface area contributed by atoms with Gasteiger partial charge in [-0.2, -0.15) is 0 Å². The van der Waals surface area contributed by atoms with Crippen LogP contribution in [0.3, 0.4) is 0 Å². The molecular weight excluding hydrogens is 242 g/mol. The van der Waals surface area contributed by atoms with Crippen LogP contribution in [0.2, 0.25) is 0 Å². The lowest BCUT2D eigenvalue weighted by Crippen LogP contribution is -2.14. The van der Waals surface area contributed by atoms with E-state index in [-0.39, 0.29) is 22.7 Å². The fourth-order valence-corrected chi connectivity index (χ4v) is 1.70. The van der Waals surface area contributed by atoms with Gasteiger partial charge in [0.1, 0.15) is 0 Å². The van der Waals surface area contributed by atoms with Crippen molar-refractivity contribution in [1.29, 1.82) is 0 Å². The zero-order valence-corrected chi connectivity index (χ0v) is 10.00. The molecule has 0 aliphatic heterocycles. The third-order valence-corrected chi connectivity index (χ3v) is 2.66. The molecule has 0 unspecified atom stereocenters. The van der Waals surface area contributed by atoms with Crippen molar-refractivity contribution in [3.05, 3.63) is 65.2 Å². The molecule has 1 amide bonds. The number of carbonyl (C=O) groups is 3. The topological polar surface area (TPSA) is 63.2 Å². The second-order valence-corrected chi connectivity index (χ2v) is 3.87. The second-order valence-electron chi connectivity index (χ2n) is 3.87. The Balaban J connectivity index is 2.36. The third-order valence-electron chi connectivity index (χ3n) is 2.66. The monoisotopic (exact) mass is 253 g/mol. The van der Waals surface area contributed by atoms with Gasteiger partial charge in [-0.15, -0.1) is 0 Å². The van der Waals surface area contributed by atoms with Gasteiger partial charge in [0.15, 0.2) is 12.6 Å². The first kappa shape index (κ1) is 12.7. The largest absolute Gasteiger partial charge is 0.321 e. The number of hydrogen-bond donors (Lipinski definition) is 1. The van der Waals surface area contributed by atoms with Crippen molar-refractivity contribution in [3.8, 4) is 0 Å². The molecule has 0 saturated carbocycles. The first-order chi connectivity index (χ1) is 9.26. The van der Waals surface area contributed by atoms with E-state index in [0.717, 1.165) is 0 Å². The molecule has 0 aromatic heterocycles. The summed E-state index contributed by atoms with van der Waals surface area (Å²) in [5.74, 6) is -0.363. The SMILES string of the molecule is O=Cc1cccc(C=O)c1NC(=O)c1ccccc1. The van der Waals surface area contributed by atoms with Gasteiger partial charge in [-0.1, -0.05) is 24.3 Å². The first-order valence-electron chi connectivity index (χ1n) is 5.66. The molecule has 1 N–H and O–H groups in total. The summed E-state index contributed by atoms with van der Waals surface area (Å²) in [6.45, 7) is 0. The number of aldehydes is 2. The molecule has 0 heterocycles. The highest BCUT2D eigenvalue weighted by Gasteiger charge is 2.12. The van der Waals surface area contributed by atoms with Crippen LogP contribution in [0.25, 0.3) is 0 Å². The Morgan fingerprint density at radius 3 is 1.95 bits per heavy atom. The van der Waals surface area contributed by atoms with Gasteiger partial charge in [0.25, 0.3) is 5.91 Å². The van der Waals surface area contributed by atoms with E-state index in [1.807, 2.05) is 0 Å². The Kier molecular flexibility index (Phi) is 3.83. The van der Waals surface area contributed by atoms with Crippen LogP contribution >= 0.6 is 0 Å². The summed E-state index contributed by atoms with van der Waals surface area (Å²) >= 11 is 0. The van der Waals surface area contributed by atoms with Crippen LogP contribution in [-0.2, 0) is 0 Å². The maximum Gasteiger partial charge on any atom is 0.255 e. The van der Waals surface area contributed by atoms with Crippen LogP contribution in [0, 0.1) is 0 Å². The van der Waals surface area contributed by atoms with Crippen molar-refractivity contribution in [3.63, 3.8) is 0 Å². The molecule has 0 bridgehead atoms. The van der Waals surface area contributed by atoms with Gasteiger partial charge < -0.3 is 5.32 Å². The van der Waals surface area contributed by atoms with Gasteiger partial charge >= 0.3 is 0 Å². The fraction of sp³-hybridized carbons (Fsp3) is 0. The van der Waals surface area contributed by atoms with Crippen LogP contribution < -0.4 is 5.32 Å². The van der Waals surface area contributed by atoms with Gasteiger partial charge in [0.2, 0.25) is 0 Å². The van der Waals surface area contributed by atoms with E-state index in [9.17, 15) is 14.4 Å². The van der Waals surface area contributed by atoms with Crippen LogP contribution in [0.15, 0.2) is 48.5 Å². The molecule has 0 atom stereocenters. The minimum absolute atomic E-state index is 0.237. The molecule has 0 fully saturated rings. The van der Waals surface area contributed by atoms with E-state index in [1.54, 1.807) is 48.5 Å². The summed E-state index contributed by atoms with van der Waals surface area (Å²) in [6, 6.07) is 13.3. The number of nitrogens with one attached hydrogen (secondary N) is 1. The van der Waals surface area contributed by atoms with Gasteiger partial charge in [0.05, 0.1) is 5.69 Å². The summed E-state index contributed by atoms with van der Waals surface area (Å²) in [4.78, 5) is 33.9. The van der Waals surface area contributed by atoms with Crippen LogP contribution in [0.4, 0.5) is 5.69 Å². The predicted molar refractivity (Wildman–Crippen MR) is 71.6 cm³/mol. The molecule has 0 aliphatic carbocycles. The lowest BCUT2D eigenvalue weighted by atomic mass is 10.1. The number of carbonyl (C=O) groups excluding carboxylic acids is 3. The highest BCUT2D eigenvalue weighted by molar-refractivity contribution is 6.09. The number of rotatable bonds is 4. The average molecular weight is 253 g/mol. The van der Waals surface area contributed by atoms with E-state index in [1.165, 1.54) is 0 Å². The Bertz CT molecular complexity index is 594. The molecule has 19 heavy (non-hydrogen) atoms. The summed E-state index contributed by atoms with van der Waals surface area (Å²) in [6.07, 6.45) is 1.21. The Morgan fingerprint density at radius 2 is 1.42 bits per heavy atom. The number of para-hydroxylation sites is 1. The molecule has 0 saturated heterocycles. The van der Waals surface area contributed by atoms with Gasteiger partial charge in [-0.05, 0) is 24.3 Å². The Labute approximate surface area is 110 Å². The maximum absolute atomic E-state index is 12.0. The molecule has 0 aliphatic rings. The summed E-state index contributed by atoms with van der Waals surface area (Å²) < 4.78 is 0. The zero-order chi connectivity index (χ0) is 13.7. The van der Waals surface area contributed by atoms with Crippen molar-refractivity contribution >= 4 is 24.2 Å². The molecular formula is C15H11NO3. The third kappa shape index (κ3) is 2.74. The molecule has 2 aromatic carbocycles. The van der Waals surface area contributed by atoms with Crippen LogP contribution in [0.5, 0.6) is 0 Å². The molecule has 2 rings (SSSR count). The molecule has 4 nitrogen and oxygen atoms in total. The van der Waals surface area contributed by atoms with E-state index in [4.69, 9.17) is 0 Å². The molecule has 0 spiro atoms. The lowest BCUT2D eigenvalue weighted by molar-refractivity contribution is 0.102. The van der Waals surface area contributed by atoms with Crippen molar-refractivity contribution in [2.24, 2.45) is 0 Å². The van der Waals surface area contributed by atoms with Gasteiger partial charge in [0, 0.05) is 16.7 Å². The van der Waals surface area contributed by atoms with Crippen LogP contribution in [-0.4, -0.2) is 18.5 Å². The predicted octanol–water partition coefficient (Wildman–Crippen LogP) is 2.56. The highest BCUT2D eigenvalue weighted by atomic mass is 16.2. The quantitative estimate of drug-likeness (QED) is 0.852. The molecule has 4 heteroatoms. The van der Waals surface area contributed by atoms with Crippen molar-refractivity contribution in [1.82, 2.24) is 0 Å². The molecule has 0 radical (unpaired) electrons. The summed E-state index contributed by atoms with van der Waals surface area (Å²) in [5, 5.41) is 2.60. The number of anilines is 1. The van der Waals surface area contributed by atoms with Crippen molar-refractivity contribution < 1.29 is 14.4 Å². The Hall–Kier alpha value is -2.75. The number of hydrogen-bond acceptors (Lipinski definition) is 3. The zero-order valence-electron chi connectivity index (χ0n) is 10.00. The normalized spacial score (nSPS) is 9.68. The second kappa shape index (κ2) is 5.73. The molecule has 94 valence electrons. The summed E-state index contributed by atoms with van der Waals surface area (Å²) in [7, 11) is 0. The maximum atomic E-state index is 12.0. The fourth-order valence-electron chi connectivity index (χ4n) is 1.70. The minimum atomic E-state index is -0.363. The average Bonchev–Trinajstić information content (AvgIpc) is 2.48. The van der Waals surface area contributed by atoms with Gasteiger partial charge in [-0.3, -0.25) is 14.4 Å². The van der Waals surface area contributed by atoms with Gasteiger partial charge in [-0.25, -0.2) is 0 Å². The highest BCUT2D eigenvalue weighted by Crippen LogP contribution is 2.19. The van der Waals surface area contributed by atoms with E-state index in [0.29, 0.717) is 18.1 Å². The van der Waals surface area contributed by atoms with E-state index >= 15 is 0 Å². The standard InChI is InChI=1S/C15H11NO3/c17-9-12-7-4-8-13(10-18)14(12)16-15(19)11-5-2-1-3-6-11/h1-10H,(H,16,19). The Morgan fingerprint density at radius 1 is 0.842 bits per heavy atom. The molecule has 2 aromatic rings. The number of amides is 1. The number of benzene rings is 2. The van der Waals surface area contributed by atoms with E-state index in [2.05, 4.69) is 5.32 Å². The summed E-state index contributed by atoms with van der Waals surface area (Å²) in [5.41, 5.74) is 1.24. The van der Waals surface area contributed by atoms with Crippen molar-refractivity contribution in [2.45, 2.75) is 0 Å². The lowest BCUT2D eigenvalue weighted by Gasteiger charge is -2.09. The van der Waals surface area contributed by atoms with Crippen LogP contribution in [0.1, 0.15) is 31.1 Å². The van der Waals surface area contributed by atoms with Crippen molar-refractivity contribution in [2.75, 3.05) is 5.32 Å².